The Morgan fingerprint density at radius 1 is 1.00 bits per heavy atom. The van der Waals surface area contributed by atoms with Crippen molar-refractivity contribution in [2.75, 3.05) is 27.2 Å². The van der Waals surface area contributed by atoms with Crippen molar-refractivity contribution in [3.63, 3.8) is 0 Å². The minimum Gasteiger partial charge on any atom is -0.489 e. The van der Waals surface area contributed by atoms with Crippen molar-refractivity contribution in [2.45, 2.75) is 4.90 Å². The minimum atomic E-state index is -3.95. The topological polar surface area (TPSA) is 51.5 Å². The van der Waals surface area contributed by atoms with Gasteiger partial charge in [-0.2, -0.15) is 0 Å². The van der Waals surface area contributed by atoms with Crippen molar-refractivity contribution in [1.29, 1.82) is 0 Å². The lowest BCUT2D eigenvalue weighted by Crippen LogP contribution is -2.19. The average molecular weight is 534 g/mol. The molecule has 0 spiro atoms. The highest BCUT2D eigenvalue weighted by atomic mass is 79.9. The van der Waals surface area contributed by atoms with E-state index in [1.165, 1.54) is 3.97 Å². The Kier molecular flexibility index (Phi) is 6.62. The summed E-state index contributed by atoms with van der Waals surface area (Å²) >= 11 is 9.91. The van der Waals surface area contributed by atoms with E-state index in [9.17, 15) is 8.42 Å². The van der Waals surface area contributed by atoms with Crippen LogP contribution in [0.3, 0.4) is 0 Å². The fourth-order valence-electron chi connectivity index (χ4n) is 3.54. The van der Waals surface area contributed by atoms with Gasteiger partial charge in [0, 0.05) is 27.0 Å². The van der Waals surface area contributed by atoms with E-state index in [0.717, 1.165) is 5.56 Å². The summed E-state index contributed by atoms with van der Waals surface area (Å²) in [5.41, 5.74) is 1.68. The standard InChI is InChI=1S/C24H22BrClN2O3S/c1-27(2)13-14-31-24-20-15-18(26)16-21(25)23(20)28(22(24)17-9-5-3-6-10-17)32(29,30)19-11-7-4-8-12-19/h3-12,15-16H,13-14H2,1-2H3. The number of halogens is 2. The second kappa shape index (κ2) is 9.27. The van der Waals surface area contributed by atoms with Gasteiger partial charge < -0.3 is 9.64 Å². The fraction of sp³-hybridized carbons (Fsp3) is 0.167. The second-order valence-electron chi connectivity index (χ2n) is 7.56. The molecular formula is C24H22BrClN2O3S. The lowest BCUT2D eigenvalue weighted by molar-refractivity contribution is 0.264. The summed E-state index contributed by atoms with van der Waals surface area (Å²) in [6.45, 7) is 1.07. The Morgan fingerprint density at radius 3 is 2.25 bits per heavy atom. The molecule has 0 amide bonds. The zero-order valence-corrected chi connectivity index (χ0v) is 20.8. The van der Waals surface area contributed by atoms with Crippen molar-refractivity contribution >= 4 is 48.5 Å². The van der Waals surface area contributed by atoms with Gasteiger partial charge in [-0.25, -0.2) is 12.4 Å². The van der Waals surface area contributed by atoms with E-state index >= 15 is 0 Å². The summed E-state index contributed by atoms with van der Waals surface area (Å²) in [4.78, 5) is 2.20. The summed E-state index contributed by atoms with van der Waals surface area (Å²) in [7, 11) is -0.0343. The molecule has 8 heteroatoms. The molecule has 0 aliphatic carbocycles. The van der Waals surface area contributed by atoms with Crippen molar-refractivity contribution in [1.82, 2.24) is 8.87 Å². The van der Waals surface area contributed by atoms with Crippen LogP contribution in [0.1, 0.15) is 0 Å². The predicted octanol–water partition coefficient (Wildman–Crippen LogP) is 5.90. The SMILES string of the molecule is CN(C)CCOc1c(-c2ccccc2)n(S(=O)(=O)c2ccccc2)c2c(Br)cc(Cl)cc12. The monoisotopic (exact) mass is 532 g/mol. The Bertz CT molecular complexity index is 1350. The van der Waals surface area contributed by atoms with Crippen LogP contribution in [0, 0.1) is 0 Å². The van der Waals surface area contributed by atoms with E-state index in [0.29, 0.717) is 45.0 Å². The van der Waals surface area contributed by atoms with Gasteiger partial charge in [0.25, 0.3) is 10.0 Å². The highest BCUT2D eigenvalue weighted by molar-refractivity contribution is 9.10. The Morgan fingerprint density at radius 2 is 1.62 bits per heavy atom. The number of aromatic nitrogens is 1. The first-order valence-electron chi connectivity index (χ1n) is 9.97. The Hall–Kier alpha value is -2.32. The normalized spacial score (nSPS) is 11.9. The molecule has 3 aromatic carbocycles. The molecule has 0 unspecified atom stereocenters. The van der Waals surface area contributed by atoms with Gasteiger partial charge in [-0.15, -0.1) is 0 Å². The average Bonchev–Trinajstić information content (AvgIpc) is 3.10. The van der Waals surface area contributed by atoms with E-state index in [4.69, 9.17) is 16.3 Å². The smallest absolute Gasteiger partial charge is 0.268 e. The van der Waals surface area contributed by atoms with Crippen molar-refractivity contribution in [3.05, 3.63) is 82.3 Å². The molecule has 1 heterocycles. The summed E-state index contributed by atoms with van der Waals surface area (Å²) in [6.07, 6.45) is 0. The molecule has 0 aliphatic rings. The quantitative estimate of drug-likeness (QED) is 0.297. The van der Waals surface area contributed by atoms with Crippen LogP contribution in [-0.4, -0.2) is 44.5 Å². The largest absolute Gasteiger partial charge is 0.489 e. The number of likely N-dealkylation sites (N-methyl/N-ethyl adjacent to an activating group) is 1. The molecule has 32 heavy (non-hydrogen) atoms. The lowest BCUT2D eigenvalue weighted by Gasteiger charge is -2.15. The number of ether oxygens (including phenoxy) is 1. The van der Waals surface area contributed by atoms with Crippen molar-refractivity contribution < 1.29 is 13.2 Å². The van der Waals surface area contributed by atoms with Gasteiger partial charge in [0.15, 0.2) is 5.75 Å². The third-order valence-electron chi connectivity index (χ3n) is 5.01. The summed E-state index contributed by atoms with van der Waals surface area (Å²) in [5, 5.41) is 1.11. The van der Waals surface area contributed by atoms with E-state index in [1.807, 2.05) is 49.3 Å². The molecular weight excluding hydrogens is 512 g/mol. The first-order valence-corrected chi connectivity index (χ1v) is 12.6. The molecule has 0 radical (unpaired) electrons. The zero-order chi connectivity index (χ0) is 22.9. The zero-order valence-electron chi connectivity index (χ0n) is 17.6. The van der Waals surface area contributed by atoms with E-state index in [-0.39, 0.29) is 4.90 Å². The number of hydrogen-bond acceptors (Lipinski definition) is 4. The van der Waals surface area contributed by atoms with E-state index in [1.54, 1.807) is 42.5 Å². The fourth-order valence-corrected chi connectivity index (χ4v) is 6.22. The number of hydrogen-bond donors (Lipinski definition) is 0. The molecule has 0 N–H and O–H groups in total. The van der Waals surface area contributed by atoms with Gasteiger partial charge in [0.2, 0.25) is 0 Å². The van der Waals surface area contributed by atoms with Gasteiger partial charge in [-0.05, 0) is 54.3 Å². The molecule has 0 saturated heterocycles. The molecule has 166 valence electrons. The molecule has 0 aliphatic heterocycles. The molecule has 0 fully saturated rings. The molecule has 5 nitrogen and oxygen atoms in total. The van der Waals surface area contributed by atoms with E-state index < -0.39 is 10.0 Å². The van der Waals surface area contributed by atoms with Crippen LogP contribution in [0.4, 0.5) is 0 Å². The van der Waals surface area contributed by atoms with Gasteiger partial charge in [0.1, 0.15) is 12.3 Å². The van der Waals surface area contributed by atoms with Crippen molar-refractivity contribution in [2.24, 2.45) is 0 Å². The van der Waals surface area contributed by atoms with Gasteiger partial charge in [-0.1, -0.05) is 60.1 Å². The molecule has 0 saturated carbocycles. The lowest BCUT2D eigenvalue weighted by atomic mass is 10.1. The van der Waals surface area contributed by atoms with E-state index in [2.05, 4.69) is 15.9 Å². The minimum absolute atomic E-state index is 0.191. The first-order chi connectivity index (χ1) is 15.3. The molecule has 4 aromatic rings. The summed E-state index contributed by atoms with van der Waals surface area (Å²) in [6, 6.07) is 21.2. The maximum absolute atomic E-state index is 13.9. The molecule has 1 aromatic heterocycles. The van der Waals surface area contributed by atoms with Crippen LogP contribution in [-0.2, 0) is 10.0 Å². The number of rotatable bonds is 7. The molecule has 4 rings (SSSR count). The van der Waals surface area contributed by atoms with Crippen LogP contribution in [0.2, 0.25) is 5.02 Å². The highest BCUT2D eigenvalue weighted by Gasteiger charge is 2.30. The number of fused-ring (bicyclic) bond motifs is 1. The summed E-state index contributed by atoms with van der Waals surface area (Å²) < 4.78 is 36.0. The van der Waals surface area contributed by atoms with Gasteiger partial charge >= 0.3 is 0 Å². The van der Waals surface area contributed by atoms with Crippen LogP contribution in [0.25, 0.3) is 22.2 Å². The molecule has 0 atom stereocenters. The first kappa shape index (κ1) is 22.9. The van der Waals surface area contributed by atoms with Crippen LogP contribution in [0.15, 0.2) is 82.2 Å². The Labute approximate surface area is 201 Å². The third kappa shape index (κ3) is 4.30. The van der Waals surface area contributed by atoms with Crippen LogP contribution < -0.4 is 4.74 Å². The van der Waals surface area contributed by atoms with Crippen molar-refractivity contribution in [3.8, 4) is 17.0 Å². The third-order valence-corrected chi connectivity index (χ3v) is 7.54. The van der Waals surface area contributed by atoms with Gasteiger partial charge in [-0.3, -0.25) is 0 Å². The van der Waals surface area contributed by atoms with Crippen LogP contribution >= 0.6 is 27.5 Å². The Balaban J connectivity index is 2.10. The maximum Gasteiger partial charge on any atom is 0.268 e. The second-order valence-corrected chi connectivity index (χ2v) is 10.6. The van der Waals surface area contributed by atoms with Gasteiger partial charge in [0.05, 0.1) is 10.4 Å². The molecule has 0 bridgehead atoms. The highest BCUT2D eigenvalue weighted by Crippen LogP contribution is 2.45. The maximum atomic E-state index is 13.9. The summed E-state index contributed by atoms with van der Waals surface area (Å²) in [5.74, 6) is 0.482. The van der Waals surface area contributed by atoms with Crippen LogP contribution in [0.5, 0.6) is 5.75 Å². The predicted molar refractivity (Wildman–Crippen MR) is 133 cm³/mol. The number of nitrogens with zero attached hydrogens (tertiary/aromatic N) is 2. The number of benzene rings is 3.